The van der Waals surface area contributed by atoms with E-state index in [1.54, 1.807) is 0 Å². The Morgan fingerprint density at radius 2 is 1.09 bits per heavy atom. The number of nitrogens with zero attached hydrogens (tertiary/aromatic N) is 3. The van der Waals surface area contributed by atoms with Crippen molar-refractivity contribution in [2.24, 2.45) is 0 Å². The van der Waals surface area contributed by atoms with Gasteiger partial charge in [-0.1, -0.05) is 30.3 Å². The fourth-order valence-corrected chi connectivity index (χ4v) is 6.23. The number of H-pyrrole nitrogens is 1. The average Bonchev–Trinajstić information content (AvgIpc) is 3.77. The molecule has 1 amide bonds. The van der Waals surface area contributed by atoms with E-state index in [2.05, 4.69) is 10.3 Å². The van der Waals surface area contributed by atoms with E-state index < -0.39 is 0 Å². The second kappa shape index (κ2) is 20.3. The van der Waals surface area contributed by atoms with E-state index in [1.807, 2.05) is 66.1 Å². The lowest BCUT2D eigenvalue weighted by Crippen LogP contribution is -2.30. The number of ether oxygens (including phenoxy) is 10. The van der Waals surface area contributed by atoms with E-state index in [0.29, 0.717) is 149 Å². The first-order chi connectivity index (χ1) is 27.6. The van der Waals surface area contributed by atoms with E-state index >= 15 is 0 Å². The lowest BCUT2D eigenvalue weighted by atomic mass is 10.1. The van der Waals surface area contributed by atoms with E-state index in [9.17, 15) is 4.79 Å². The van der Waals surface area contributed by atoms with Crippen LogP contribution in [0.15, 0.2) is 54.6 Å². The van der Waals surface area contributed by atoms with Crippen molar-refractivity contribution in [1.29, 1.82) is 0 Å². The minimum Gasteiger partial charge on any atom is -0.487 e. The van der Waals surface area contributed by atoms with Crippen LogP contribution in [0.4, 0.5) is 0 Å². The highest BCUT2D eigenvalue weighted by Crippen LogP contribution is 2.37. The van der Waals surface area contributed by atoms with Gasteiger partial charge in [0, 0.05) is 24.3 Å². The van der Waals surface area contributed by atoms with E-state index in [-0.39, 0.29) is 31.7 Å². The first kappa shape index (κ1) is 39.3. The first-order valence-electron chi connectivity index (χ1n) is 19.0. The molecule has 0 spiro atoms. The predicted octanol–water partition coefficient (Wildman–Crippen LogP) is 4.10. The third kappa shape index (κ3) is 10.7. The standard InChI is InChI=1S/C40H49N5O11/c1-28(29-5-3-2-4-6-29)41-38(46)27-45-33-26-37-36(55-21-17-51-13-9-48-10-14-52-18-22-56-37)25-32(33)44-40(45)39-42-30-23-34-35(24-31(30)43-39)54-20-16-50-12-8-47-7-11-49-15-19-53-34/h2-6,23-26,28H,7-22,27H2,1H3,(H,41,46)(H,42,43)/t28-/m0/s1. The van der Waals surface area contributed by atoms with Gasteiger partial charge in [0.15, 0.2) is 34.6 Å². The second-order valence-electron chi connectivity index (χ2n) is 13.0. The van der Waals surface area contributed by atoms with Crippen LogP contribution in [0.5, 0.6) is 23.0 Å². The van der Waals surface area contributed by atoms with Crippen LogP contribution >= 0.6 is 0 Å². The summed E-state index contributed by atoms with van der Waals surface area (Å²) in [6, 6.07) is 16.9. The number of nitrogens with one attached hydrogen (secondary N) is 2. The van der Waals surface area contributed by atoms with Gasteiger partial charge in [0.05, 0.1) is 107 Å². The van der Waals surface area contributed by atoms with Gasteiger partial charge in [0.1, 0.15) is 33.0 Å². The van der Waals surface area contributed by atoms with E-state index in [0.717, 1.165) is 5.56 Å². The second-order valence-corrected chi connectivity index (χ2v) is 13.0. The molecule has 0 bridgehead atoms. The fourth-order valence-electron chi connectivity index (χ4n) is 6.23. The summed E-state index contributed by atoms with van der Waals surface area (Å²) in [5.41, 5.74) is 3.55. The Kier molecular flexibility index (Phi) is 14.2. The van der Waals surface area contributed by atoms with Gasteiger partial charge >= 0.3 is 0 Å². The monoisotopic (exact) mass is 775 g/mol. The first-order valence-corrected chi connectivity index (χ1v) is 19.0. The zero-order valence-electron chi connectivity index (χ0n) is 31.6. The average molecular weight is 776 g/mol. The molecule has 0 aliphatic carbocycles. The van der Waals surface area contributed by atoms with Gasteiger partial charge in [-0.05, 0) is 12.5 Å². The number of rotatable bonds is 5. The summed E-state index contributed by atoms with van der Waals surface area (Å²) in [4.78, 5) is 27.2. The normalized spacial score (nSPS) is 17.9. The van der Waals surface area contributed by atoms with Gasteiger partial charge < -0.3 is 62.2 Å². The molecule has 0 saturated carbocycles. The van der Waals surface area contributed by atoms with Crippen molar-refractivity contribution in [2.45, 2.75) is 19.5 Å². The molecule has 16 nitrogen and oxygen atoms in total. The number of fused-ring (bicyclic) bond motifs is 4. The molecule has 56 heavy (non-hydrogen) atoms. The predicted molar refractivity (Wildman–Crippen MR) is 205 cm³/mol. The molecule has 300 valence electrons. The molecule has 2 aliphatic rings. The number of hydrogen-bond donors (Lipinski definition) is 2. The Balaban J connectivity index is 1.23. The maximum absolute atomic E-state index is 13.8. The molecule has 0 unspecified atom stereocenters. The fraction of sp³-hybridized carbons (Fsp3) is 0.475. The number of hydrogen-bond acceptors (Lipinski definition) is 13. The SMILES string of the molecule is C[C@H](NC(=O)Cn1c(-c2nc3cc4c(cc3[nH]2)OCCOCCOCCOCCO4)nc2cc3c(cc21)OCCOCCOCCOCCO3)c1ccccc1. The molecule has 3 aromatic carbocycles. The Bertz CT molecular complexity index is 1950. The topological polar surface area (TPSA) is 168 Å². The molecule has 2 aliphatic heterocycles. The molecule has 0 fully saturated rings. The summed E-state index contributed by atoms with van der Waals surface area (Å²) >= 11 is 0. The summed E-state index contributed by atoms with van der Waals surface area (Å²) in [5, 5.41) is 3.13. The van der Waals surface area contributed by atoms with Gasteiger partial charge in [-0.3, -0.25) is 4.79 Å². The van der Waals surface area contributed by atoms with Crippen molar-refractivity contribution in [1.82, 2.24) is 24.8 Å². The third-order valence-corrected chi connectivity index (χ3v) is 8.98. The highest BCUT2D eigenvalue weighted by atomic mass is 16.6. The van der Waals surface area contributed by atoms with Crippen LogP contribution in [0.1, 0.15) is 18.5 Å². The Labute approximate surface area is 324 Å². The van der Waals surface area contributed by atoms with E-state index in [1.165, 1.54) is 0 Å². The number of imidazole rings is 2. The molecule has 7 rings (SSSR count). The molecular weight excluding hydrogens is 726 g/mol. The van der Waals surface area contributed by atoms with Crippen LogP contribution in [-0.2, 0) is 39.8 Å². The molecule has 16 heteroatoms. The molecule has 4 heterocycles. The summed E-state index contributed by atoms with van der Waals surface area (Å²) in [6.07, 6.45) is 0. The van der Waals surface area contributed by atoms with Crippen LogP contribution < -0.4 is 24.3 Å². The van der Waals surface area contributed by atoms with Gasteiger partial charge in [-0.25, -0.2) is 9.97 Å². The zero-order valence-corrected chi connectivity index (χ0v) is 31.6. The lowest BCUT2D eigenvalue weighted by Gasteiger charge is -2.16. The highest BCUT2D eigenvalue weighted by Gasteiger charge is 2.23. The maximum Gasteiger partial charge on any atom is 0.240 e. The number of benzene rings is 3. The van der Waals surface area contributed by atoms with Crippen molar-refractivity contribution in [3.05, 3.63) is 60.2 Å². The molecule has 2 aromatic heterocycles. The number of aromatic amines is 1. The molecular formula is C40H49N5O11. The van der Waals surface area contributed by atoms with Crippen molar-refractivity contribution in [3.8, 4) is 34.6 Å². The van der Waals surface area contributed by atoms with Crippen LogP contribution in [0, 0.1) is 0 Å². The van der Waals surface area contributed by atoms with Gasteiger partial charge in [-0.15, -0.1) is 0 Å². The van der Waals surface area contributed by atoms with Crippen molar-refractivity contribution < 1.29 is 52.2 Å². The lowest BCUT2D eigenvalue weighted by molar-refractivity contribution is -0.122. The third-order valence-electron chi connectivity index (χ3n) is 8.98. The van der Waals surface area contributed by atoms with Crippen LogP contribution in [-0.4, -0.2) is 131 Å². The van der Waals surface area contributed by atoms with Gasteiger partial charge in [0.25, 0.3) is 0 Å². The molecule has 5 aromatic rings. The summed E-state index contributed by atoms with van der Waals surface area (Å²) in [7, 11) is 0. The van der Waals surface area contributed by atoms with Crippen LogP contribution in [0.3, 0.4) is 0 Å². The smallest absolute Gasteiger partial charge is 0.240 e. The zero-order chi connectivity index (χ0) is 38.4. The Morgan fingerprint density at radius 1 is 0.625 bits per heavy atom. The Hall–Kier alpha value is -4.97. The van der Waals surface area contributed by atoms with Gasteiger partial charge in [0.2, 0.25) is 5.91 Å². The van der Waals surface area contributed by atoms with E-state index in [4.69, 9.17) is 57.3 Å². The minimum atomic E-state index is -0.223. The quantitative estimate of drug-likeness (QED) is 0.262. The number of amides is 1. The maximum atomic E-state index is 13.8. The summed E-state index contributed by atoms with van der Waals surface area (Å²) in [6.45, 7) is 8.27. The Morgan fingerprint density at radius 3 is 1.62 bits per heavy atom. The largest absolute Gasteiger partial charge is 0.487 e. The number of carbonyl (C=O) groups is 1. The molecule has 0 radical (unpaired) electrons. The van der Waals surface area contributed by atoms with Crippen molar-refractivity contribution in [2.75, 3.05) is 106 Å². The van der Waals surface area contributed by atoms with Crippen LogP contribution in [0.2, 0.25) is 0 Å². The minimum absolute atomic E-state index is 0.0512. The van der Waals surface area contributed by atoms with Gasteiger partial charge in [-0.2, -0.15) is 0 Å². The van der Waals surface area contributed by atoms with Crippen molar-refractivity contribution >= 4 is 28.0 Å². The molecule has 2 N–H and O–H groups in total. The van der Waals surface area contributed by atoms with Crippen LogP contribution in [0.25, 0.3) is 33.7 Å². The summed E-state index contributed by atoms with van der Waals surface area (Å²) in [5.74, 6) is 2.70. The number of carbonyl (C=O) groups excluding carboxylic acids is 1. The molecule has 1 atom stereocenters. The number of aromatic nitrogens is 4. The van der Waals surface area contributed by atoms with Crippen molar-refractivity contribution in [3.63, 3.8) is 0 Å². The summed E-state index contributed by atoms with van der Waals surface area (Å²) < 4.78 is 60.1. The molecule has 0 saturated heterocycles. The highest BCUT2D eigenvalue weighted by molar-refractivity contribution is 5.88.